The van der Waals surface area contributed by atoms with Crippen molar-refractivity contribution in [3.05, 3.63) is 105 Å². The molecule has 0 spiro atoms. The summed E-state index contributed by atoms with van der Waals surface area (Å²) in [5.74, 6) is -0.684. The second kappa shape index (κ2) is 9.10. The molecule has 4 rings (SSSR count). The van der Waals surface area contributed by atoms with Gasteiger partial charge in [0.05, 0.1) is 10.6 Å². The Morgan fingerprint density at radius 1 is 0.935 bits per heavy atom. The summed E-state index contributed by atoms with van der Waals surface area (Å²) >= 11 is 18.4. The van der Waals surface area contributed by atoms with E-state index >= 15 is 0 Å². The van der Waals surface area contributed by atoms with Crippen LogP contribution in [0.5, 0.6) is 0 Å². The van der Waals surface area contributed by atoms with Crippen molar-refractivity contribution in [2.45, 2.75) is 12.1 Å². The molecule has 3 aromatic carbocycles. The van der Waals surface area contributed by atoms with Gasteiger partial charge in [0.15, 0.2) is 6.04 Å². The topological polar surface area (TPSA) is 61.2 Å². The molecule has 0 saturated carbocycles. The maximum absolute atomic E-state index is 12.9. The van der Waals surface area contributed by atoms with E-state index in [0.29, 0.717) is 26.2 Å². The average Bonchev–Trinajstić information content (AvgIpc) is 3.06. The third-order valence-corrected chi connectivity index (χ3v) is 5.73. The van der Waals surface area contributed by atoms with Crippen LogP contribution in [0, 0.1) is 0 Å². The predicted octanol–water partition coefficient (Wildman–Crippen LogP) is 4.66. The highest BCUT2D eigenvalue weighted by atomic mass is 35.5. The first-order valence-corrected chi connectivity index (χ1v) is 10.6. The largest absolute Gasteiger partial charge is 0.334 e. The summed E-state index contributed by atoms with van der Waals surface area (Å²) in [4.78, 5) is 25.6. The fraction of sp³-hybridized carbons (Fsp3) is 0.0870. The first-order valence-electron chi connectivity index (χ1n) is 9.42. The summed E-state index contributed by atoms with van der Waals surface area (Å²) in [6, 6.07) is 19.6. The zero-order chi connectivity index (χ0) is 22.0. The van der Waals surface area contributed by atoms with E-state index in [1.165, 1.54) is 0 Å². The molecule has 3 aromatic rings. The van der Waals surface area contributed by atoms with E-state index in [4.69, 9.17) is 34.8 Å². The van der Waals surface area contributed by atoms with Crippen LogP contribution in [-0.4, -0.2) is 28.8 Å². The van der Waals surface area contributed by atoms with Gasteiger partial charge in [-0.25, -0.2) is 0 Å². The number of hydrazine groups is 1. The van der Waals surface area contributed by atoms with Crippen LogP contribution in [-0.2, 0) is 4.79 Å². The highest BCUT2D eigenvalue weighted by Crippen LogP contribution is 2.28. The number of carbonyl (C=O) groups excluding carboxylic acids is 2. The number of carbonyl (C=O) groups is 2. The van der Waals surface area contributed by atoms with Crippen LogP contribution in [0.15, 0.2) is 72.8 Å². The van der Waals surface area contributed by atoms with Gasteiger partial charge in [-0.15, -0.1) is 10.1 Å². The van der Waals surface area contributed by atoms with Gasteiger partial charge in [-0.1, -0.05) is 65.1 Å². The molecule has 5 nitrogen and oxygen atoms in total. The Hall–Kier alpha value is -2.86. The molecule has 0 unspecified atom stereocenters. The Balaban J connectivity index is 1.73. The molecule has 8 heteroatoms. The van der Waals surface area contributed by atoms with Gasteiger partial charge >= 0.3 is 5.91 Å². The fourth-order valence-electron chi connectivity index (χ4n) is 3.41. The monoisotopic (exact) mass is 472 g/mol. The van der Waals surface area contributed by atoms with Crippen molar-refractivity contribution in [1.82, 2.24) is 10.7 Å². The molecular weight excluding hydrogens is 457 g/mol. The lowest BCUT2D eigenvalue weighted by atomic mass is 10.00. The molecule has 0 bridgehead atoms. The van der Waals surface area contributed by atoms with Gasteiger partial charge in [-0.3, -0.25) is 9.59 Å². The standard InChI is InChI=1S/C23H16Cl3N3O2/c24-17-9-6-14(7-10-17)21-20(27-22(30)15-4-2-1-3-5-15)23(31)28-29(21)13-16-8-11-18(25)12-19(16)26/h1-13,20-21H,(H-,27,28,30,31)/p+1/b29-13-/t20-,21+/m0/s1. The SMILES string of the molecule is O=C(N[C@@H]1C(=O)N/[N+](=C\c2ccc(Cl)cc2Cl)[C@@H]1c1ccc(Cl)cc1)c1ccccc1. The number of benzene rings is 3. The van der Waals surface area contributed by atoms with Crippen LogP contribution < -0.4 is 10.7 Å². The molecule has 1 aliphatic heterocycles. The van der Waals surface area contributed by atoms with E-state index in [-0.39, 0.29) is 11.8 Å². The number of halogens is 3. The Morgan fingerprint density at radius 2 is 1.61 bits per heavy atom. The lowest BCUT2D eigenvalue weighted by molar-refractivity contribution is -0.596. The van der Waals surface area contributed by atoms with Gasteiger partial charge in [0, 0.05) is 21.2 Å². The van der Waals surface area contributed by atoms with Crippen molar-refractivity contribution in [2.75, 3.05) is 0 Å². The Bertz CT molecular complexity index is 1160. The molecule has 2 N–H and O–H groups in total. The lowest BCUT2D eigenvalue weighted by Crippen LogP contribution is -2.42. The van der Waals surface area contributed by atoms with Crippen molar-refractivity contribution >= 4 is 52.8 Å². The van der Waals surface area contributed by atoms with Crippen molar-refractivity contribution < 1.29 is 14.3 Å². The first-order chi connectivity index (χ1) is 14.9. The minimum Gasteiger partial charge on any atom is -0.334 e. The molecule has 1 fully saturated rings. The van der Waals surface area contributed by atoms with Gasteiger partial charge in [-0.2, -0.15) is 0 Å². The van der Waals surface area contributed by atoms with Crippen LogP contribution in [0.4, 0.5) is 0 Å². The summed E-state index contributed by atoms with van der Waals surface area (Å²) in [6.45, 7) is 0. The van der Waals surface area contributed by atoms with Crippen LogP contribution in [0.2, 0.25) is 15.1 Å². The molecular formula is C23H17Cl3N3O2+. The predicted molar refractivity (Wildman–Crippen MR) is 122 cm³/mol. The van der Waals surface area contributed by atoms with Gasteiger partial charge in [-0.05, 0) is 42.5 Å². The highest BCUT2D eigenvalue weighted by molar-refractivity contribution is 6.36. The molecule has 2 amide bonds. The fourth-order valence-corrected chi connectivity index (χ4v) is 3.99. The zero-order valence-corrected chi connectivity index (χ0v) is 18.3. The average molecular weight is 474 g/mol. The van der Waals surface area contributed by atoms with Gasteiger partial charge in [0.2, 0.25) is 12.3 Å². The van der Waals surface area contributed by atoms with Gasteiger partial charge in [0.1, 0.15) is 0 Å². The van der Waals surface area contributed by atoms with E-state index in [2.05, 4.69) is 10.7 Å². The number of hydrogen-bond acceptors (Lipinski definition) is 2. The minimum absolute atomic E-state index is 0.342. The molecule has 2 atom stereocenters. The van der Waals surface area contributed by atoms with E-state index < -0.39 is 12.1 Å². The van der Waals surface area contributed by atoms with Crippen LogP contribution >= 0.6 is 34.8 Å². The van der Waals surface area contributed by atoms with E-state index in [9.17, 15) is 9.59 Å². The van der Waals surface area contributed by atoms with Crippen molar-refractivity contribution in [1.29, 1.82) is 0 Å². The Kier molecular flexibility index (Phi) is 6.28. The normalized spacial score (nSPS) is 19.3. The smallest absolute Gasteiger partial charge is 0.304 e. The molecule has 1 heterocycles. The summed E-state index contributed by atoms with van der Waals surface area (Å²) in [5.41, 5.74) is 4.74. The van der Waals surface area contributed by atoms with Crippen molar-refractivity contribution in [2.24, 2.45) is 0 Å². The van der Waals surface area contributed by atoms with Crippen LogP contribution in [0.25, 0.3) is 0 Å². The second-order valence-corrected chi connectivity index (χ2v) is 8.27. The summed E-state index contributed by atoms with van der Waals surface area (Å²) < 4.78 is 1.64. The van der Waals surface area contributed by atoms with E-state index in [1.54, 1.807) is 65.5 Å². The van der Waals surface area contributed by atoms with E-state index in [0.717, 1.165) is 5.56 Å². The maximum atomic E-state index is 12.9. The molecule has 1 aliphatic rings. The number of nitrogens with one attached hydrogen (secondary N) is 2. The van der Waals surface area contributed by atoms with Crippen LogP contribution in [0.3, 0.4) is 0 Å². The Labute approximate surface area is 194 Å². The molecule has 1 saturated heterocycles. The maximum Gasteiger partial charge on any atom is 0.304 e. The van der Waals surface area contributed by atoms with E-state index in [1.807, 2.05) is 18.2 Å². The summed E-state index contributed by atoms with van der Waals surface area (Å²) in [7, 11) is 0. The third-order valence-electron chi connectivity index (χ3n) is 4.91. The quantitative estimate of drug-likeness (QED) is 0.541. The molecule has 0 aromatic heterocycles. The highest BCUT2D eigenvalue weighted by Gasteiger charge is 2.47. The number of amides is 2. The third kappa shape index (κ3) is 4.74. The summed E-state index contributed by atoms with van der Waals surface area (Å²) in [5, 5.41) is 4.37. The number of rotatable bonds is 4. The number of nitrogens with zero attached hydrogens (tertiary/aromatic N) is 1. The number of hydrazone groups is 1. The van der Waals surface area contributed by atoms with Gasteiger partial charge < -0.3 is 5.32 Å². The van der Waals surface area contributed by atoms with Crippen LogP contribution in [0.1, 0.15) is 27.5 Å². The van der Waals surface area contributed by atoms with Crippen molar-refractivity contribution in [3.63, 3.8) is 0 Å². The molecule has 0 radical (unpaired) electrons. The Morgan fingerprint density at radius 3 is 2.29 bits per heavy atom. The van der Waals surface area contributed by atoms with Gasteiger partial charge in [0.25, 0.3) is 5.91 Å². The van der Waals surface area contributed by atoms with Crippen molar-refractivity contribution in [3.8, 4) is 0 Å². The zero-order valence-electron chi connectivity index (χ0n) is 16.1. The number of hydrogen-bond donors (Lipinski definition) is 2. The molecule has 156 valence electrons. The minimum atomic E-state index is -0.837. The lowest BCUT2D eigenvalue weighted by Gasteiger charge is -2.15. The molecule has 31 heavy (non-hydrogen) atoms. The first kappa shape index (κ1) is 21.4. The summed E-state index contributed by atoms with van der Waals surface area (Å²) in [6.07, 6.45) is 1.71. The second-order valence-electron chi connectivity index (χ2n) is 6.99. The molecule has 0 aliphatic carbocycles.